The molecule has 5 aromatic rings. The van der Waals surface area contributed by atoms with Gasteiger partial charge in [-0.2, -0.15) is 0 Å². The van der Waals surface area contributed by atoms with Crippen LogP contribution in [0.2, 0.25) is 0 Å². The van der Waals surface area contributed by atoms with Crippen LogP contribution in [0.1, 0.15) is 0 Å². The molecule has 0 saturated heterocycles. The zero-order chi connectivity index (χ0) is 30.9. The molecular formula is C26H38N16. The molecule has 0 aliphatic heterocycles. The predicted molar refractivity (Wildman–Crippen MR) is 185 cm³/mol. The number of rotatable bonds is 6. The molecule has 0 aliphatic carbocycles. The van der Waals surface area contributed by atoms with Crippen molar-refractivity contribution in [2.24, 2.45) is 11.5 Å². The molecular weight excluding hydrogens is 536 g/mol. The lowest BCUT2D eigenvalue weighted by Gasteiger charge is -2.27. The fraction of sp³-hybridized carbons (Fsp3) is 0.154. The molecule has 16 nitrogen and oxygen atoms in total. The second-order valence-corrected chi connectivity index (χ2v) is 10.1. The van der Waals surface area contributed by atoms with E-state index in [2.05, 4.69) is 10.6 Å². The Bertz CT molecular complexity index is 1710. The average Bonchev–Trinajstić information content (AvgIpc) is 2.97. The van der Waals surface area contributed by atoms with Crippen LogP contribution in [0.4, 0.5) is 79.6 Å². The van der Waals surface area contributed by atoms with E-state index in [1.54, 1.807) is 0 Å². The largest absolute Gasteiger partial charge is 0.398 e. The Morgan fingerprint density at radius 3 is 0.690 bits per heavy atom. The first-order valence-corrected chi connectivity index (χ1v) is 13.0. The number of hydrogen-bond donors (Lipinski definition) is 16. The van der Waals surface area contributed by atoms with Gasteiger partial charge in [0.1, 0.15) is 0 Å². The van der Waals surface area contributed by atoms with Gasteiger partial charge in [-0.1, -0.05) is 0 Å². The van der Waals surface area contributed by atoms with E-state index in [1.807, 2.05) is 0 Å². The molecule has 0 spiro atoms. The zero-order valence-corrected chi connectivity index (χ0v) is 22.9. The molecule has 0 unspecified atom stereocenters. The van der Waals surface area contributed by atoms with E-state index in [0.29, 0.717) is 67.6 Å². The smallest absolute Gasteiger partial charge is 0.0810 e. The summed E-state index contributed by atoms with van der Waals surface area (Å²) in [4.78, 5) is 0. The van der Waals surface area contributed by atoms with Crippen molar-refractivity contribution in [1.82, 2.24) is 0 Å². The highest BCUT2D eigenvalue weighted by Gasteiger charge is 2.29. The molecule has 0 fully saturated rings. The van der Waals surface area contributed by atoms with Crippen LogP contribution in [0.25, 0.3) is 43.1 Å². The van der Waals surface area contributed by atoms with Gasteiger partial charge < -0.3 is 90.9 Å². The van der Waals surface area contributed by atoms with E-state index >= 15 is 0 Å². The first kappa shape index (κ1) is 27.8. The molecule has 16 heteroatoms. The molecule has 0 amide bonds. The minimum atomic E-state index is 0.0789. The van der Waals surface area contributed by atoms with Gasteiger partial charge in [0.05, 0.1) is 79.6 Å². The van der Waals surface area contributed by atoms with E-state index in [1.165, 1.54) is 0 Å². The van der Waals surface area contributed by atoms with Gasteiger partial charge in [-0.15, -0.1) is 0 Å². The summed E-state index contributed by atoms with van der Waals surface area (Å²) in [5.74, 6) is 0. The van der Waals surface area contributed by atoms with Crippen LogP contribution in [0, 0.1) is 0 Å². The molecule has 0 bridgehead atoms. The summed E-state index contributed by atoms with van der Waals surface area (Å²) in [5, 5.41) is 9.83. The predicted octanol–water partition coefficient (Wildman–Crippen LogP) is 0.0270. The SMILES string of the molecule is NCCNc1c2c(N)c3c(N)c(N)c(N)c(N)c3c(N)c2c(NCCN)c2c(N)c3c(N)c(N)c(N)c(N)c3c(N)c12. The summed E-state index contributed by atoms with van der Waals surface area (Å²) < 4.78 is 0. The molecule has 5 rings (SSSR count). The Hall–Kier alpha value is -5.74. The topological polar surface area (TPSA) is 388 Å². The summed E-state index contributed by atoms with van der Waals surface area (Å²) in [7, 11) is 0. The van der Waals surface area contributed by atoms with Crippen molar-refractivity contribution in [1.29, 1.82) is 0 Å². The van der Waals surface area contributed by atoms with Gasteiger partial charge in [0, 0.05) is 69.3 Å². The number of nitrogen functional groups attached to an aromatic ring is 12. The molecule has 5 aromatic carbocycles. The molecule has 30 N–H and O–H groups in total. The maximum Gasteiger partial charge on any atom is 0.0810 e. The molecule has 0 atom stereocenters. The number of benzene rings is 5. The van der Waals surface area contributed by atoms with Gasteiger partial charge in [-0.25, -0.2) is 0 Å². The van der Waals surface area contributed by atoms with E-state index in [9.17, 15) is 0 Å². The van der Waals surface area contributed by atoms with Crippen LogP contribution < -0.4 is 90.9 Å². The molecule has 0 radical (unpaired) electrons. The number of fused-ring (bicyclic) bond motifs is 4. The Morgan fingerprint density at radius 2 is 0.500 bits per heavy atom. The average molecular weight is 575 g/mol. The third-order valence-electron chi connectivity index (χ3n) is 7.87. The minimum absolute atomic E-state index is 0.0789. The second-order valence-electron chi connectivity index (χ2n) is 10.1. The summed E-state index contributed by atoms with van der Waals surface area (Å²) >= 11 is 0. The highest BCUT2D eigenvalue weighted by molar-refractivity contribution is 6.41. The third-order valence-corrected chi connectivity index (χ3v) is 7.87. The van der Waals surface area contributed by atoms with Crippen LogP contribution in [0.3, 0.4) is 0 Å². The molecule has 222 valence electrons. The van der Waals surface area contributed by atoms with Gasteiger partial charge in [-0.05, 0) is 0 Å². The first-order chi connectivity index (χ1) is 19.8. The highest BCUT2D eigenvalue weighted by atomic mass is 14.9. The number of anilines is 14. The van der Waals surface area contributed by atoms with Crippen molar-refractivity contribution in [3.05, 3.63) is 0 Å². The Balaban J connectivity index is 2.25. The normalized spacial score (nSPS) is 11.7. The summed E-state index contributed by atoms with van der Waals surface area (Å²) in [6.45, 7) is 1.16. The number of nitrogens with one attached hydrogen (secondary N) is 2. The summed E-state index contributed by atoms with van der Waals surface area (Å²) in [5.41, 5.74) is 92.7. The first-order valence-electron chi connectivity index (χ1n) is 13.0. The maximum atomic E-state index is 6.91. The van der Waals surface area contributed by atoms with E-state index in [-0.39, 0.29) is 81.3 Å². The van der Waals surface area contributed by atoms with Crippen molar-refractivity contribution >= 4 is 123 Å². The lowest BCUT2D eigenvalue weighted by molar-refractivity contribution is 1.03. The fourth-order valence-electron chi connectivity index (χ4n) is 5.85. The van der Waals surface area contributed by atoms with Crippen LogP contribution in [0.15, 0.2) is 0 Å². The van der Waals surface area contributed by atoms with Crippen molar-refractivity contribution in [2.75, 3.05) is 106 Å². The molecule has 42 heavy (non-hydrogen) atoms. The van der Waals surface area contributed by atoms with Crippen molar-refractivity contribution < 1.29 is 0 Å². The highest BCUT2D eigenvalue weighted by Crippen LogP contribution is 2.57. The van der Waals surface area contributed by atoms with Crippen molar-refractivity contribution in [3.63, 3.8) is 0 Å². The molecule has 0 aliphatic rings. The number of hydrogen-bond acceptors (Lipinski definition) is 16. The number of nitrogens with two attached hydrogens (primary N) is 14. The lowest BCUT2D eigenvalue weighted by atomic mass is 9.87. The third kappa shape index (κ3) is 3.36. The molecule has 0 heterocycles. The zero-order valence-electron chi connectivity index (χ0n) is 22.9. The van der Waals surface area contributed by atoms with Gasteiger partial charge in [-0.3, -0.25) is 0 Å². The lowest BCUT2D eigenvalue weighted by Crippen LogP contribution is -2.18. The van der Waals surface area contributed by atoms with Gasteiger partial charge in [0.25, 0.3) is 0 Å². The van der Waals surface area contributed by atoms with Crippen LogP contribution >= 0.6 is 0 Å². The molecule has 0 aromatic heterocycles. The fourth-order valence-corrected chi connectivity index (χ4v) is 5.85. The van der Waals surface area contributed by atoms with Gasteiger partial charge >= 0.3 is 0 Å². The van der Waals surface area contributed by atoms with E-state index < -0.39 is 0 Å². The molecule has 0 saturated carbocycles. The van der Waals surface area contributed by atoms with Gasteiger partial charge in [0.2, 0.25) is 0 Å². The van der Waals surface area contributed by atoms with Crippen LogP contribution in [0.5, 0.6) is 0 Å². The standard InChI is InChI=1S/C26H38N16/c27-1-3-41-25-9-11(15(31)7-5(13(9)29)17(33)21(37)23(39)19(7)35)26(42-4-2-28)12-10(25)14(30)6-8(16(12)32)20(36)24(40)22(38)18(6)34/h41-42H,1-4,27-40H2. The quantitative estimate of drug-likeness (QED) is 0.0721. The van der Waals surface area contributed by atoms with Crippen molar-refractivity contribution in [3.8, 4) is 0 Å². The van der Waals surface area contributed by atoms with E-state index in [4.69, 9.17) is 80.3 Å². The van der Waals surface area contributed by atoms with Crippen molar-refractivity contribution in [2.45, 2.75) is 0 Å². The van der Waals surface area contributed by atoms with E-state index in [0.717, 1.165) is 0 Å². The summed E-state index contributed by atoms with van der Waals surface area (Å²) in [6, 6.07) is 0. The minimum Gasteiger partial charge on any atom is -0.398 e. The Labute approximate surface area is 239 Å². The van der Waals surface area contributed by atoms with Crippen LogP contribution in [-0.2, 0) is 0 Å². The Kier molecular flexibility index (Phi) is 6.24. The Morgan fingerprint density at radius 1 is 0.286 bits per heavy atom. The monoisotopic (exact) mass is 574 g/mol. The second kappa shape index (κ2) is 9.43. The van der Waals surface area contributed by atoms with Gasteiger partial charge in [0.15, 0.2) is 0 Å². The maximum absolute atomic E-state index is 6.91. The van der Waals surface area contributed by atoms with Crippen LogP contribution in [-0.4, -0.2) is 26.2 Å². The summed E-state index contributed by atoms with van der Waals surface area (Å²) in [6.07, 6.45) is 0.